The number of hydrogen-bond acceptors (Lipinski definition) is 2. The summed E-state index contributed by atoms with van der Waals surface area (Å²) in [6.07, 6.45) is 2.27. The summed E-state index contributed by atoms with van der Waals surface area (Å²) in [5, 5.41) is 0. The third-order valence-corrected chi connectivity index (χ3v) is 4.84. The first-order chi connectivity index (χ1) is 7.66. The molecular weight excluding hydrogens is 282 g/mol. The van der Waals surface area contributed by atoms with Crippen molar-refractivity contribution in [1.29, 1.82) is 0 Å². The van der Waals surface area contributed by atoms with Gasteiger partial charge in [-0.3, -0.25) is 0 Å². The first-order valence-corrected chi connectivity index (χ1v) is 7.73. The Morgan fingerprint density at radius 1 is 1.56 bits per heavy atom. The molecule has 2 rings (SSSR count). The highest BCUT2D eigenvalue weighted by Gasteiger charge is 2.19. The van der Waals surface area contributed by atoms with Gasteiger partial charge in [0.15, 0.2) is 0 Å². The minimum absolute atomic E-state index is 0.236. The predicted molar refractivity (Wildman–Crippen MR) is 76.2 cm³/mol. The van der Waals surface area contributed by atoms with E-state index in [1.807, 2.05) is 0 Å². The lowest BCUT2D eigenvalue weighted by Crippen LogP contribution is -2.17. The van der Waals surface area contributed by atoms with Crippen LogP contribution in [-0.4, -0.2) is 17.5 Å². The molecule has 3 heteroatoms. The number of thioether (sulfide) groups is 1. The predicted octanol–water partition coefficient (Wildman–Crippen LogP) is 3.56. The van der Waals surface area contributed by atoms with Gasteiger partial charge >= 0.3 is 0 Å². The van der Waals surface area contributed by atoms with E-state index in [9.17, 15) is 0 Å². The molecule has 88 valence electrons. The quantitative estimate of drug-likeness (QED) is 0.923. The molecule has 0 aliphatic carbocycles. The second-order valence-electron chi connectivity index (χ2n) is 4.60. The molecule has 1 fully saturated rings. The number of hydrogen-bond donors (Lipinski definition) is 1. The Kier molecular flexibility index (Phi) is 4.34. The molecule has 1 aliphatic rings. The van der Waals surface area contributed by atoms with Crippen LogP contribution >= 0.6 is 27.7 Å². The summed E-state index contributed by atoms with van der Waals surface area (Å²) in [5.74, 6) is 3.31. The maximum absolute atomic E-state index is 5.82. The Morgan fingerprint density at radius 2 is 2.38 bits per heavy atom. The summed E-state index contributed by atoms with van der Waals surface area (Å²) in [4.78, 5) is 0. The van der Waals surface area contributed by atoms with Crippen LogP contribution in [0, 0.1) is 0 Å². The van der Waals surface area contributed by atoms with E-state index in [1.165, 1.54) is 33.5 Å². The fourth-order valence-electron chi connectivity index (χ4n) is 2.18. The first kappa shape index (κ1) is 12.5. The van der Waals surface area contributed by atoms with Crippen molar-refractivity contribution in [3.8, 4) is 0 Å². The van der Waals surface area contributed by atoms with Gasteiger partial charge in [0.25, 0.3) is 0 Å². The molecule has 2 N–H and O–H groups in total. The van der Waals surface area contributed by atoms with E-state index in [0.717, 1.165) is 12.3 Å². The standard InChI is InChI=1S/C13H18BrNS/c1-9(15)6-10-2-3-12(13(14)7-10)11-4-5-16-8-11/h2-3,7,9,11H,4-6,8,15H2,1H3. The van der Waals surface area contributed by atoms with Crippen molar-refractivity contribution in [2.75, 3.05) is 11.5 Å². The van der Waals surface area contributed by atoms with Gasteiger partial charge in [-0.25, -0.2) is 0 Å². The average molecular weight is 300 g/mol. The van der Waals surface area contributed by atoms with E-state index >= 15 is 0 Å². The van der Waals surface area contributed by atoms with Crippen LogP contribution in [0.25, 0.3) is 0 Å². The van der Waals surface area contributed by atoms with E-state index in [1.54, 1.807) is 0 Å². The molecule has 0 amide bonds. The Labute approximate surface area is 110 Å². The van der Waals surface area contributed by atoms with Crippen LogP contribution in [0.2, 0.25) is 0 Å². The van der Waals surface area contributed by atoms with Crippen LogP contribution < -0.4 is 5.73 Å². The van der Waals surface area contributed by atoms with Crippen molar-refractivity contribution in [3.05, 3.63) is 33.8 Å². The van der Waals surface area contributed by atoms with E-state index in [4.69, 9.17) is 5.73 Å². The largest absolute Gasteiger partial charge is 0.328 e. The summed E-state index contributed by atoms with van der Waals surface area (Å²) < 4.78 is 1.26. The zero-order chi connectivity index (χ0) is 11.5. The lowest BCUT2D eigenvalue weighted by molar-refractivity contribution is 0.734. The van der Waals surface area contributed by atoms with E-state index in [2.05, 4.69) is 52.8 Å². The minimum Gasteiger partial charge on any atom is -0.328 e. The highest BCUT2D eigenvalue weighted by molar-refractivity contribution is 9.10. The molecule has 1 aliphatic heterocycles. The van der Waals surface area contributed by atoms with Gasteiger partial charge in [-0.05, 0) is 48.6 Å². The fraction of sp³-hybridized carbons (Fsp3) is 0.538. The smallest absolute Gasteiger partial charge is 0.0213 e. The summed E-state index contributed by atoms with van der Waals surface area (Å²) in [6, 6.07) is 6.98. The van der Waals surface area contributed by atoms with Gasteiger partial charge < -0.3 is 5.73 Å². The second kappa shape index (κ2) is 5.56. The summed E-state index contributed by atoms with van der Waals surface area (Å²) >= 11 is 5.76. The zero-order valence-corrected chi connectivity index (χ0v) is 12.0. The highest BCUT2D eigenvalue weighted by atomic mass is 79.9. The van der Waals surface area contributed by atoms with E-state index in [-0.39, 0.29) is 6.04 Å². The second-order valence-corrected chi connectivity index (χ2v) is 6.60. The summed E-state index contributed by atoms with van der Waals surface area (Å²) in [7, 11) is 0. The minimum atomic E-state index is 0.236. The van der Waals surface area contributed by atoms with E-state index in [0.29, 0.717) is 0 Å². The fourth-order valence-corrected chi connectivity index (χ4v) is 4.18. The molecule has 2 atom stereocenters. The van der Waals surface area contributed by atoms with Gasteiger partial charge in [0.1, 0.15) is 0 Å². The van der Waals surface area contributed by atoms with Gasteiger partial charge in [0.2, 0.25) is 0 Å². The summed E-state index contributed by atoms with van der Waals surface area (Å²) in [6.45, 7) is 2.05. The first-order valence-electron chi connectivity index (χ1n) is 5.78. The van der Waals surface area contributed by atoms with Crippen LogP contribution in [0.1, 0.15) is 30.4 Å². The lowest BCUT2D eigenvalue weighted by Gasteiger charge is -2.13. The van der Waals surface area contributed by atoms with Gasteiger partial charge in [-0.2, -0.15) is 11.8 Å². The summed E-state index contributed by atoms with van der Waals surface area (Å²) in [5.41, 5.74) is 8.62. The topological polar surface area (TPSA) is 26.0 Å². The zero-order valence-electron chi connectivity index (χ0n) is 9.58. The molecule has 1 nitrogen and oxygen atoms in total. The molecule has 0 bridgehead atoms. The molecule has 0 radical (unpaired) electrons. The van der Waals surface area contributed by atoms with Crippen molar-refractivity contribution in [1.82, 2.24) is 0 Å². The molecule has 0 aromatic heterocycles. The molecule has 1 aromatic rings. The molecule has 16 heavy (non-hydrogen) atoms. The number of nitrogens with two attached hydrogens (primary N) is 1. The van der Waals surface area contributed by atoms with E-state index < -0.39 is 0 Å². The van der Waals surface area contributed by atoms with Crippen molar-refractivity contribution >= 4 is 27.7 Å². The molecule has 0 spiro atoms. The number of rotatable bonds is 3. The third-order valence-electron chi connectivity index (χ3n) is 2.99. The van der Waals surface area contributed by atoms with Gasteiger partial charge in [0.05, 0.1) is 0 Å². The third kappa shape index (κ3) is 3.02. The number of halogens is 1. The number of benzene rings is 1. The SMILES string of the molecule is CC(N)Cc1ccc(C2CCSC2)c(Br)c1. The maximum atomic E-state index is 5.82. The normalized spacial score (nSPS) is 22.3. The Bertz CT molecular complexity index is 359. The van der Waals surface area contributed by atoms with Crippen LogP contribution in [0.4, 0.5) is 0 Å². The monoisotopic (exact) mass is 299 g/mol. The lowest BCUT2D eigenvalue weighted by atomic mass is 9.96. The van der Waals surface area contributed by atoms with Gasteiger partial charge in [-0.1, -0.05) is 28.1 Å². The molecule has 1 saturated heterocycles. The van der Waals surface area contributed by atoms with Crippen molar-refractivity contribution in [2.24, 2.45) is 5.73 Å². The molecule has 1 aromatic carbocycles. The van der Waals surface area contributed by atoms with Crippen LogP contribution in [-0.2, 0) is 6.42 Å². The maximum Gasteiger partial charge on any atom is 0.0213 e. The Hall–Kier alpha value is 0.01000. The van der Waals surface area contributed by atoms with Crippen molar-refractivity contribution < 1.29 is 0 Å². The molecule has 1 heterocycles. The van der Waals surface area contributed by atoms with Gasteiger partial charge in [-0.15, -0.1) is 0 Å². The van der Waals surface area contributed by atoms with Crippen LogP contribution in [0.3, 0.4) is 0 Å². The average Bonchev–Trinajstić information content (AvgIpc) is 2.69. The molecule has 2 unspecified atom stereocenters. The van der Waals surface area contributed by atoms with Crippen LogP contribution in [0.5, 0.6) is 0 Å². The Balaban J connectivity index is 2.15. The molecular formula is C13H18BrNS. The Morgan fingerprint density at radius 3 is 2.94 bits per heavy atom. The van der Waals surface area contributed by atoms with Crippen molar-refractivity contribution in [3.63, 3.8) is 0 Å². The van der Waals surface area contributed by atoms with Crippen molar-refractivity contribution in [2.45, 2.75) is 31.7 Å². The molecule has 0 saturated carbocycles. The highest BCUT2D eigenvalue weighted by Crippen LogP contribution is 2.36. The van der Waals surface area contributed by atoms with Crippen LogP contribution in [0.15, 0.2) is 22.7 Å². The van der Waals surface area contributed by atoms with Gasteiger partial charge in [0, 0.05) is 16.3 Å².